The van der Waals surface area contributed by atoms with Crippen LogP contribution in [0.1, 0.15) is 11.9 Å². The third kappa shape index (κ3) is 2.48. The van der Waals surface area contributed by atoms with Crippen LogP contribution in [-0.4, -0.2) is 19.1 Å². The molecule has 84 valence electrons. The molecule has 2 rings (SSSR count). The fourth-order valence-corrected chi connectivity index (χ4v) is 1.51. The molecule has 0 saturated carbocycles. The van der Waals surface area contributed by atoms with Gasteiger partial charge in [0.2, 0.25) is 5.91 Å². The Morgan fingerprint density at radius 2 is 2.19 bits per heavy atom. The van der Waals surface area contributed by atoms with Crippen LogP contribution < -0.4 is 5.32 Å². The summed E-state index contributed by atoms with van der Waals surface area (Å²) in [6.45, 7) is 4.61. The van der Waals surface area contributed by atoms with Crippen molar-refractivity contribution in [2.45, 2.75) is 6.29 Å². The van der Waals surface area contributed by atoms with Gasteiger partial charge in [0.1, 0.15) is 0 Å². The molecule has 1 saturated heterocycles. The standard InChI is InChI=1S/C12H13NO3/c1-2-11(14)13-10-5-3-4-9(8-10)12-15-6-7-16-12/h2-5,8,12H,1,6-7H2,(H,13,14). The second-order valence-electron chi connectivity index (χ2n) is 3.39. The Hall–Kier alpha value is -1.65. The van der Waals surface area contributed by atoms with Gasteiger partial charge in [0.15, 0.2) is 6.29 Å². The molecule has 1 aromatic carbocycles. The molecule has 0 atom stereocenters. The Kier molecular flexibility index (Phi) is 3.34. The van der Waals surface area contributed by atoms with E-state index in [4.69, 9.17) is 9.47 Å². The molecule has 1 fully saturated rings. The molecule has 16 heavy (non-hydrogen) atoms. The maximum Gasteiger partial charge on any atom is 0.247 e. The lowest BCUT2D eigenvalue weighted by Gasteiger charge is -2.10. The van der Waals surface area contributed by atoms with Gasteiger partial charge in [-0.2, -0.15) is 0 Å². The average molecular weight is 219 g/mol. The van der Waals surface area contributed by atoms with E-state index in [2.05, 4.69) is 11.9 Å². The molecule has 4 nitrogen and oxygen atoms in total. The zero-order valence-electron chi connectivity index (χ0n) is 8.81. The number of benzene rings is 1. The summed E-state index contributed by atoms with van der Waals surface area (Å²) in [6, 6.07) is 7.38. The molecule has 0 aromatic heterocycles. The summed E-state index contributed by atoms with van der Waals surface area (Å²) in [4.78, 5) is 11.1. The second kappa shape index (κ2) is 4.92. The lowest BCUT2D eigenvalue weighted by molar-refractivity contribution is -0.111. The number of anilines is 1. The summed E-state index contributed by atoms with van der Waals surface area (Å²) in [5.74, 6) is -0.231. The van der Waals surface area contributed by atoms with Gasteiger partial charge in [0.05, 0.1) is 13.2 Å². The summed E-state index contributed by atoms with van der Waals surface area (Å²) in [5, 5.41) is 2.69. The average Bonchev–Trinajstić information content (AvgIpc) is 2.83. The molecule has 1 amide bonds. The zero-order chi connectivity index (χ0) is 11.4. The lowest BCUT2D eigenvalue weighted by atomic mass is 10.2. The Labute approximate surface area is 93.9 Å². The number of carbonyl (C=O) groups is 1. The molecular formula is C12H13NO3. The zero-order valence-corrected chi connectivity index (χ0v) is 8.81. The molecule has 0 spiro atoms. The SMILES string of the molecule is C=CC(=O)Nc1cccc(C2OCCO2)c1. The molecular weight excluding hydrogens is 206 g/mol. The van der Waals surface area contributed by atoms with E-state index in [-0.39, 0.29) is 12.2 Å². The minimum absolute atomic E-state index is 0.231. The van der Waals surface area contributed by atoms with Crippen LogP contribution in [0.3, 0.4) is 0 Å². The minimum Gasteiger partial charge on any atom is -0.346 e. The van der Waals surface area contributed by atoms with Crippen LogP contribution in [0, 0.1) is 0 Å². The van der Waals surface area contributed by atoms with Crippen molar-refractivity contribution in [1.29, 1.82) is 0 Å². The van der Waals surface area contributed by atoms with Crippen LogP contribution in [0.25, 0.3) is 0 Å². The van der Waals surface area contributed by atoms with Gasteiger partial charge in [-0.3, -0.25) is 4.79 Å². The first-order valence-corrected chi connectivity index (χ1v) is 5.06. The summed E-state index contributed by atoms with van der Waals surface area (Å²) < 4.78 is 10.7. The van der Waals surface area contributed by atoms with Crippen molar-refractivity contribution in [2.75, 3.05) is 18.5 Å². The fourth-order valence-electron chi connectivity index (χ4n) is 1.51. The van der Waals surface area contributed by atoms with Crippen molar-refractivity contribution in [3.8, 4) is 0 Å². The maximum atomic E-state index is 11.1. The van der Waals surface area contributed by atoms with E-state index in [9.17, 15) is 4.79 Å². The summed E-state index contributed by atoms with van der Waals surface area (Å²) in [7, 11) is 0. The molecule has 1 heterocycles. The Morgan fingerprint density at radius 1 is 1.44 bits per heavy atom. The molecule has 1 N–H and O–H groups in total. The van der Waals surface area contributed by atoms with E-state index < -0.39 is 0 Å². The first-order chi connectivity index (χ1) is 7.79. The van der Waals surface area contributed by atoms with Gasteiger partial charge in [0, 0.05) is 11.3 Å². The predicted octanol–water partition coefficient (Wildman–Crippen LogP) is 1.86. The largest absolute Gasteiger partial charge is 0.346 e. The number of nitrogens with one attached hydrogen (secondary N) is 1. The van der Waals surface area contributed by atoms with E-state index >= 15 is 0 Å². The first kappa shape index (κ1) is 10.9. The van der Waals surface area contributed by atoms with Crippen molar-refractivity contribution in [3.05, 3.63) is 42.5 Å². The van der Waals surface area contributed by atoms with Gasteiger partial charge in [-0.05, 0) is 18.2 Å². The Balaban J connectivity index is 2.12. The number of carbonyl (C=O) groups excluding carboxylic acids is 1. The number of ether oxygens (including phenoxy) is 2. The van der Waals surface area contributed by atoms with Crippen LogP contribution in [-0.2, 0) is 14.3 Å². The molecule has 1 aromatic rings. The number of hydrogen-bond acceptors (Lipinski definition) is 3. The minimum atomic E-state index is -0.319. The molecule has 0 aliphatic carbocycles. The Bertz CT molecular complexity index is 397. The van der Waals surface area contributed by atoms with Crippen molar-refractivity contribution in [1.82, 2.24) is 0 Å². The van der Waals surface area contributed by atoms with Crippen LogP contribution >= 0.6 is 0 Å². The van der Waals surface area contributed by atoms with Gasteiger partial charge in [-0.1, -0.05) is 18.7 Å². The predicted molar refractivity (Wildman–Crippen MR) is 59.9 cm³/mol. The van der Waals surface area contributed by atoms with Crippen LogP contribution in [0.2, 0.25) is 0 Å². The highest BCUT2D eigenvalue weighted by atomic mass is 16.7. The highest BCUT2D eigenvalue weighted by Crippen LogP contribution is 2.25. The molecule has 1 aliphatic heterocycles. The number of amides is 1. The van der Waals surface area contributed by atoms with Crippen LogP contribution in [0.15, 0.2) is 36.9 Å². The molecule has 0 unspecified atom stereocenters. The van der Waals surface area contributed by atoms with Gasteiger partial charge in [-0.15, -0.1) is 0 Å². The highest BCUT2D eigenvalue weighted by Gasteiger charge is 2.18. The smallest absolute Gasteiger partial charge is 0.247 e. The van der Waals surface area contributed by atoms with E-state index in [0.717, 1.165) is 5.56 Å². The monoisotopic (exact) mass is 219 g/mol. The quantitative estimate of drug-likeness (QED) is 0.789. The van der Waals surface area contributed by atoms with Crippen LogP contribution in [0.4, 0.5) is 5.69 Å². The van der Waals surface area contributed by atoms with Crippen molar-refractivity contribution >= 4 is 11.6 Å². The molecule has 0 radical (unpaired) electrons. The van der Waals surface area contributed by atoms with E-state index in [1.807, 2.05) is 18.2 Å². The van der Waals surface area contributed by atoms with E-state index in [1.54, 1.807) is 6.07 Å². The maximum absolute atomic E-state index is 11.1. The van der Waals surface area contributed by atoms with Gasteiger partial charge in [0.25, 0.3) is 0 Å². The fraction of sp³-hybridized carbons (Fsp3) is 0.250. The van der Waals surface area contributed by atoms with Crippen molar-refractivity contribution < 1.29 is 14.3 Å². The third-order valence-electron chi connectivity index (χ3n) is 2.23. The summed E-state index contributed by atoms with van der Waals surface area (Å²) >= 11 is 0. The summed E-state index contributed by atoms with van der Waals surface area (Å²) in [6.07, 6.45) is 0.912. The Morgan fingerprint density at radius 3 is 2.88 bits per heavy atom. The molecule has 1 aliphatic rings. The van der Waals surface area contributed by atoms with Crippen molar-refractivity contribution in [2.24, 2.45) is 0 Å². The lowest BCUT2D eigenvalue weighted by Crippen LogP contribution is -2.08. The number of hydrogen-bond donors (Lipinski definition) is 1. The normalized spacial score (nSPS) is 16.0. The molecule has 4 heteroatoms. The first-order valence-electron chi connectivity index (χ1n) is 5.06. The van der Waals surface area contributed by atoms with Crippen LogP contribution in [0.5, 0.6) is 0 Å². The van der Waals surface area contributed by atoms with Gasteiger partial charge < -0.3 is 14.8 Å². The summed E-state index contributed by atoms with van der Waals surface area (Å²) in [5.41, 5.74) is 1.61. The van der Waals surface area contributed by atoms with E-state index in [1.165, 1.54) is 6.08 Å². The van der Waals surface area contributed by atoms with Gasteiger partial charge >= 0.3 is 0 Å². The van der Waals surface area contributed by atoms with Gasteiger partial charge in [-0.25, -0.2) is 0 Å². The van der Waals surface area contributed by atoms with E-state index in [0.29, 0.717) is 18.9 Å². The topological polar surface area (TPSA) is 47.6 Å². The van der Waals surface area contributed by atoms with Crippen molar-refractivity contribution in [3.63, 3.8) is 0 Å². The highest BCUT2D eigenvalue weighted by molar-refractivity contribution is 5.98. The number of rotatable bonds is 3. The third-order valence-corrected chi connectivity index (χ3v) is 2.23. The molecule has 0 bridgehead atoms. The second-order valence-corrected chi connectivity index (χ2v) is 3.39.